The fourth-order valence-electron chi connectivity index (χ4n) is 2.53. The lowest BCUT2D eigenvalue weighted by Crippen LogP contribution is -2.46. The Kier molecular flexibility index (Phi) is 3.91. The first-order chi connectivity index (χ1) is 9.61. The summed E-state index contributed by atoms with van der Waals surface area (Å²) in [6.07, 6.45) is 1.96. The smallest absolute Gasteiger partial charge is 0.245 e. The Labute approximate surface area is 126 Å². The molecule has 0 aliphatic carbocycles. The average Bonchev–Trinajstić information content (AvgIpc) is 3.01. The van der Waals surface area contributed by atoms with Crippen molar-refractivity contribution < 1.29 is 4.52 Å². The lowest BCUT2D eigenvalue weighted by molar-refractivity contribution is 0.0708. The number of aromatic nitrogens is 3. The summed E-state index contributed by atoms with van der Waals surface area (Å²) in [5.74, 6) is 1.40. The minimum atomic E-state index is 0.170. The van der Waals surface area contributed by atoms with Crippen LogP contribution in [0.25, 0.3) is 0 Å². The van der Waals surface area contributed by atoms with Crippen molar-refractivity contribution in [2.75, 3.05) is 26.7 Å². The number of hydrogen-bond acceptors (Lipinski definition) is 5. The molecule has 0 bridgehead atoms. The van der Waals surface area contributed by atoms with Gasteiger partial charge in [-0.2, -0.15) is 4.98 Å². The van der Waals surface area contributed by atoms with Crippen LogP contribution in [0.2, 0.25) is 0 Å². The molecular weight excluding hydrogens is 322 g/mol. The molecule has 0 amide bonds. The van der Waals surface area contributed by atoms with Crippen LogP contribution in [0.15, 0.2) is 21.3 Å². The first kappa shape index (κ1) is 13.8. The minimum Gasteiger partial charge on any atom is -0.363 e. The van der Waals surface area contributed by atoms with Crippen LogP contribution in [-0.4, -0.2) is 51.6 Å². The van der Waals surface area contributed by atoms with Crippen molar-refractivity contribution in [1.29, 1.82) is 0 Å². The van der Waals surface area contributed by atoms with Gasteiger partial charge in [0.15, 0.2) is 5.82 Å². The fraction of sp³-hybridized carbons (Fsp3) is 0.538. The van der Waals surface area contributed by atoms with Gasteiger partial charge in [-0.05, 0) is 36.0 Å². The largest absolute Gasteiger partial charge is 0.363 e. The zero-order chi connectivity index (χ0) is 14.1. The highest BCUT2D eigenvalue weighted by Crippen LogP contribution is 2.24. The molecule has 0 aromatic carbocycles. The summed E-state index contributed by atoms with van der Waals surface area (Å²) in [5, 5.41) is 3.89. The van der Waals surface area contributed by atoms with Gasteiger partial charge in [0.25, 0.3) is 0 Å². The van der Waals surface area contributed by atoms with E-state index in [4.69, 9.17) is 4.52 Å². The SMILES string of the molecule is Cc1noc([C@@H]2CN(Cc3cc(Br)c[nH]3)CCN2C)n1. The third-order valence-corrected chi connectivity index (χ3v) is 4.12. The number of aryl methyl sites for hydroxylation is 1. The molecule has 1 atom stereocenters. The van der Waals surface area contributed by atoms with Crippen molar-refractivity contribution in [3.05, 3.63) is 34.1 Å². The number of likely N-dealkylation sites (N-methyl/N-ethyl adjacent to an activating group) is 1. The van der Waals surface area contributed by atoms with Crippen molar-refractivity contribution in [2.24, 2.45) is 0 Å². The second-order valence-corrected chi connectivity index (χ2v) is 6.17. The molecule has 0 spiro atoms. The van der Waals surface area contributed by atoms with Crippen LogP contribution < -0.4 is 0 Å². The standard InChI is InChI=1S/C13H18BrN5O/c1-9-16-13(20-17-9)12-8-19(4-3-18(12)2)7-11-5-10(14)6-15-11/h5-6,12,15H,3-4,7-8H2,1-2H3/t12-/m0/s1. The van der Waals surface area contributed by atoms with Gasteiger partial charge in [-0.15, -0.1) is 0 Å². The molecule has 1 N–H and O–H groups in total. The summed E-state index contributed by atoms with van der Waals surface area (Å²) in [4.78, 5) is 12.3. The van der Waals surface area contributed by atoms with Gasteiger partial charge in [0.05, 0.1) is 0 Å². The van der Waals surface area contributed by atoms with Gasteiger partial charge in [-0.3, -0.25) is 9.80 Å². The molecule has 3 rings (SSSR count). The van der Waals surface area contributed by atoms with E-state index in [1.807, 2.05) is 13.1 Å². The normalized spacial score (nSPS) is 21.4. The van der Waals surface area contributed by atoms with Crippen LogP contribution in [0.5, 0.6) is 0 Å². The van der Waals surface area contributed by atoms with Crippen molar-refractivity contribution in [2.45, 2.75) is 19.5 Å². The number of rotatable bonds is 3. The van der Waals surface area contributed by atoms with E-state index in [1.165, 1.54) is 5.69 Å². The van der Waals surface area contributed by atoms with Crippen LogP contribution in [-0.2, 0) is 6.54 Å². The zero-order valence-electron chi connectivity index (χ0n) is 11.6. The molecule has 2 aromatic rings. The Balaban J connectivity index is 1.69. The van der Waals surface area contributed by atoms with Crippen molar-refractivity contribution in [3.8, 4) is 0 Å². The van der Waals surface area contributed by atoms with Crippen LogP contribution >= 0.6 is 15.9 Å². The number of piperazine rings is 1. The molecular formula is C13H18BrN5O. The quantitative estimate of drug-likeness (QED) is 0.926. The summed E-state index contributed by atoms with van der Waals surface area (Å²) >= 11 is 3.47. The van der Waals surface area contributed by atoms with Gasteiger partial charge in [0.2, 0.25) is 5.89 Å². The first-order valence-electron chi connectivity index (χ1n) is 6.67. The van der Waals surface area contributed by atoms with E-state index in [-0.39, 0.29) is 6.04 Å². The van der Waals surface area contributed by atoms with Crippen molar-refractivity contribution >= 4 is 15.9 Å². The summed E-state index contributed by atoms with van der Waals surface area (Å²) in [6, 6.07) is 2.29. The number of aromatic amines is 1. The minimum absolute atomic E-state index is 0.170. The van der Waals surface area contributed by atoms with Crippen LogP contribution in [0.4, 0.5) is 0 Å². The topological polar surface area (TPSA) is 61.2 Å². The summed E-state index contributed by atoms with van der Waals surface area (Å²) < 4.78 is 6.42. The Morgan fingerprint density at radius 2 is 2.35 bits per heavy atom. The van der Waals surface area contributed by atoms with Crippen LogP contribution in [0.3, 0.4) is 0 Å². The van der Waals surface area contributed by atoms with E-state index in [9.17, 15) is 0 Å². The van der Waals surface area contributed by atoms with Gasteiger partial charge in [0, 0.05) is 42.5 Å². The lowest BCUT2D eigenvalue weighted by Gasteiger charge is -2.37. The average molecular weight is 340 g/mol. The van der Waals surface area contributed by atoms with Gasteiger partial charge < -0.3 is 9.51 Å². The molecule has 0 radical (unpaired) electrons. The van der Waals surface area contributed by atoms with Gasteiger partial charge in [-0.1, -0.05) is 5.16 Å². The Hall–Kier alpha value is -1.18. The monoisotopic (exact) mass is 339 g/mol. The van der Waals surface area contributed by atoms with E-state index < -0.39 is 0 Å². The highest BCUT2D eigenvalue weighted by atomic mass is 79.9. The second-order valence-electron chi connectivity index (χ2n) is 5.25. The maximum Gasteiger partial charge on any atom is 0.245 e. The molecule has 1 aliphatic rings. The zero-order valence-corrected chi connectivity index (χ0v) is 13.2. The molecule has 108 valence electrons. The maximum atomic E-state index is 5.33. The summed E-state index contributed by atoms with van der Waals surface area (Å²) in [7, 11) is 2.10. The summed E-state index contributed by atoms with van der Waals surface area (Å²) in [5.41, 5.74) is 1.21. The number of nitrogens with one attached hydrogen (secondary N) is 1. The van der Waals surface area contributed by atoms with E-state index in [1.54, 1.807) is 0 Å². The summed E-state index contributed by atoms with van der Waals surface area (Å²) in [6.45, 7) is 5.69. The van der Waals surface area contributed by atoms with Gasteiger partial charge >= 0.3 is 0 Å². The third kappa shape index (κ3) is 2.94. The first-order valence-corrected chi connectivity index (χ1v) is 7.47. The molecule has 6 nitrogen and oxygen atoms in total. The molecule has 1 aliphatic heterocycles. The fourth-order valence-corrected chi connectivity index (χ4v) is 2.92. The van der Waals surface area contributed by atoms with E-state index in [0.717, 1.165) is 30.7 Å². The van der Waals surface area contributed by atoms with Gasteiger partial charge in [-0.25, -0.2) is 0 Å². The number of H-pyrrole nitrogens is 1. The molecule has 1 fully saturated rings. The van der Waals surface area contributed by atoms with E-state index in [0.29, 0.717) is 11.7 Å². The van der Waals surface area contributed by atoms with Crippen LogP contribution in [0.1, 0.15) is 23.5 Å². The maximum absolute atomic E-state index is 5.33. The van der Waals surface area contributed by atoms with E-state index >= 15 is 0 Å². The Morgan fingerprint density at radius 3 is 3.00 bits per heavy atom. The Morgan fingerprint density at radius 1 is 1.50 bits per heavy atom. The molecule has 0 saturated carbocycles. The second kappa shape index (κ2) is 5.67. The molecule has 3 heterocycles. The third-order valence-electron chi connectivity index (χ3n) is 3.66. The molecule has 20 heavy (non-hydrogen) atoms. The number of halogens is 1. The lowest BCUT2D eigenvalue weighted by atomic mass is 10.1. The highest BCUT2D eigenvalue weighted by molar-refractivity contribution is 9.10. The van der Waals surface area contributed by atoms with Crippen molar-refractivity contribution in [1.82, 2.24) is 24.9 Å². The highest BCUT2D eigenvalue weighted by Gasteiger charge is 2.29. The Bertz CT molecular complexity index is 581. The predicted octanol–water partition coefficient (Wildman–Crippen LogP) is 1.96. The number of hydrogen-bond donors (Lipinski definition) is 1. The molecule has 1 saturated heterocycles. The van der Waals surface area contributed by atoms with Gasteiger partial charge in [0.1, 0.15) is 6.04 Å². The molecule has 7 heteroatoms. The molecule has 2 aromatic heterocycles. The number of nitrogens with zero attached hydrogens (tertiary/aromatic N) is 4. The molecule has 0 unspecified atom stereocenters. The van der Waals surface area contributed by atoms with Crippen molar-refractivity contribution in [3.63, 3.8) is 0 Å². The van der Waals surface area contributed by atoms with E-state index in [2.05, 4.69) is 54.0 Å². The predicted molar refractivity (Wildman–Crippen MR) is 78.2 cm³/mol. The van der Waals surface area contributed by atoms with Crippen LogP contribution in [0, 0.1) is 6.92 Å².